The highest BCUT2D eigenvalue weighted by molar-refractivity contribution is 7.89. The average molecular weight is 528 g/mol. The van der Waals surface area contributed by atoms with E-state index in [1.165, 1.54) is 11.3 Å². The molecule has 7 nitrogen and oxygen atoms in total. The first-order chi connectivity index (χ1) is 16.5. The number of carbonyl (C=O) groups is 1. The number of alkyl halides is 3. The van der Waals surface area contributed by atoms with Crippen molar-refractivity contribution in [3.05, 3.63) is 70.7 Å². The molecule has 35 heavy (non-hydrogen) atoms. The van der Waals surface area contributed by atoms with Crippen LogP contribution in [0.4, 0.5) is 18.3 Å². The molecule has 1 aromatic heterocycles. The first-order valence-corrected chi connectivity index (χ1v) is 13.0. The lowest BCUT2D eigenvalue weighted by Gasteiger charge is -2.10. The standard InChI is InChI=1S/C23H24F3N3O4S2/c1-16-7-3-4-8-19(16)21(30)20-15-28-22(34-20)27-13-5-2-6-14-29-35(31,32)18-11-9-17(10-12-18)33-23(24,25)26/h3-4,7-12,15,29H,2,5-6,13-14H2,1H3,(H,27,28). The van der Waals surface area contributed by atoms with Crippen molar-refractivity contribution < 1.29 is 31.1 Å². The molecule has 0 radical (unpaired) electrons. The van der Waals surface area contributed by atoms with Gasteiger partial charge in [0.15, 0.2) is 5.13 Å². The minimum absolute atomic E-state index is 0.0662. The largest absolute Gasteiger partial charge is 0.573 e. The summed E-state index contributed by atoms with van der Waals surface area (Å²) in [5.41, 5.74) is 1.55. The van der Waals surface area contributed by atoms with E-state index in [2.05, 4.69) is 19.8 Å². The number of rotatable bonds is 12. The molecule has 0 fully saturated rings. The lowest BCUT2D eigenvalue weighted by molar-refractivity contribution is -0.274. The zero-order valence-corrected chi connectivity index (χ0v) is 20.4. The van der Waals surface area contributed by atoms with E-state index in [4.69, 9.17) is 0 Å². The SMILES string of the molecule is Cc1ccccc1C(=O)c1cnc(NCCCCCNS(=O)(=O)c2ccc(OC(F)(F)F)cc2)s1. The molecule has 0 bridgehead atoms. The third-order valence-corrected chi connectivity index (χ3v) is 7.34. The van der Waals surface area contributed by atoms with E-state index < -0.39 is 22.1 Å². The second-order valence-electron chi connectivity index (χ2n) is 7.58. The zero-order chi connectivity index (χ0) is 25.5. The average Bonchev–Trinajstić information content (AvgIpc) is 3.26. The molecule has 3 aromatic rings. The van der Waals surface area contributed by atoms with Crippen LogP contribution >= 0.6 is 11.3 Å². The van der Waals surface area contributed by atoms with Crippen molar-refractivity contribution in [1.82, 2.24) is 9.71 Å². The molecule has 3 rings (SSSR count). The van der Waals surface area contributed by atoms with Crippen LogP contribution in [0.3, 0.4) is 0 Å². The Bertz CT molecular complexity index is 1240. The van der Waals surface area contributed by atoms with E-state index in [1.807, 2.05) is 25.1 Å². The van der Waals surface area contributed by atoms with Crippen LogP contribution in [0.15, 0.2) is 59.6 Å². The molecule has 0 aliphatic heterocycles. The van der Waals surface area contributed by atoms with Gasteiger partial charge < -0.3 is 10.1 Å². The van der Waals surface area contributed by atoms with Crippen LogP contribution in [0.25, 0.3) is 0 Å². The van der Waals surface area contributed by atoms with Gasteiger partial charge in [0.2, 0.25) is 15.8 Å². The van der Waals surface area contributed by atoms with Crippen molar-refractivity contribution >= 4 is 32.3 Å². The lowest BCUT2D eigenvalue weighted by Crippen LogP contribution is -2.25. The number of carbonyl (C=O) groups excluding carboxylic acids is 1. The molecule has 0 aliphatic carbocycles. The number of sulfonamides is 1. The van der Waals surface area contributed by atoms with Gasteiger partial charge in [0, 0.05) is 18.7 Å². The molecule has 0 amide bonds. The van der Waals surface area contributed by atoms with Gasteiger partial charge in [-0.25, -0.2) is 18.1 Å². The summed E-state index contributed by atoms with van der Waals surface area (Å²) in [6, 6.07) is 11.4. The van der Waals surface area contributed by atoms with Crippen LogP contribution in [0.5, 0.6) is 5.75 Å². The predicted molar refractivity (Wildman–Crippen MR) is 127 cm³/mol. The van der Waals surface area contributed by atoms with Gasteiger partial charge in [-0.1, -0.05) is 42.0 Å². The Morgan fingerprint density at radius 1 is 1.03 bits per heavy atom. The van der Waals surface area contributed by atoms with Crippen LogP contribution in [-0.4, -0.2) is 38.6 Å². The van der Waals surface area contributed by atoms with Crippen LogP contribution in [-0.2, 0) is 10.0 Å². The minimum atomic E-state index is -4.84. The first kappa shape index (κ1) is 26.6. The van der Waals surface area contributed by atoms with E-state index in [-0.39, 0.29) is 17.2 Å². The topological polar surface area (TPSA) is 97.4 Å². The highest BCUT2D eigenvalue weighted by atomic mass is 32.2. The van der Waals surface area contributed by atoms with Gasteiger partial charge in [0.25, 0.3) is 0 Å². The van der Waals surface area contributed by atoms with Gasteiger partial charge in [0.1, 0.15) is 5.75 Å². The van der Waals surface area contributed by atoms with Crippen LogP contribution in [0, 0.1) is 6.92 Å². The van der Waals surface area contributed by atoms with E-state index in [1.54, 1.807) is 12.3 Å². The fourth-order valence-corrected chi connectivity index (χ4v) is 5.02. The van der Waals surface area contributed by atoms with Gasteiger partial charge >= 0.3 is 6.36 Å². The molecule has 0 unspecified atom stereocenters. The van der Waals surface area contributed by atoms with Crippen molar-refractivity contribution in [2.45, 2.75) is 37.4 Å². The number of ether oxygens (including phenoxy) is 1. The number of ketones is 1. The number of benzene rings is 2. The molecular formula is C23H24F3N3O4S2. The number of thiazole rings is 1. The number of halogens is 3. The third kappa shape index (κ3) is 8.05. The Morgan fingerprint density at radius 2 is 1.71 bits per heavy atom. The minimum Gasteiger partial charge on any atom is -0.406 e. The molecule has 0 spiro atoms. The number of hydrogen-bond acceptors (Lipinski definition) is 7. The summed E-state index contributed by atoms with van der Waals surface area (Å²) in [7, 11) is -3.83. The van der Waals surface area contributed by atoms with Crippen LogP contribution in [0.2, 0.25) is 0 Å². The molecule has 12 heteroatoms. The first-order valence-electron chi connectivity index (χ1n) is 10.7. The number of unbranched alkanes of at least 4 members (excludes halogenated alkanes) is 2. The lowest BCUT2D eigenvalue weighted by atomic mass is 10.0. The van der Waals surface area contributed by atoms with Gasteiger partial charge in [-0.2, -0.15) is 0 Å². The third-order valence-electron chi connectivity index (χ3n) is 4.91. The summed E-state index contributed by atoms with van der Waals surface area (Å²) in [6.45, 7) is 2.69. The number of aryl methyl sites for hydroxylation is 1. The van der Waals surface area contributed by atoms with E-state index in [0.29, 0.717) is 28.5 Å². The predicted octanol–water partition coefficient (Wildman–Crippen LogP) is 5.14. The Morgan fingerprint density at radius 3 is 2.40 bits per heavy atom. The summed E-state index contributed by atoms with van der Waals surface area (Å²) < 4.78 is 67.3. The highest BCUT2D eigenvalue weighted by Crippen LogP contribution is 2.24. The van der Waals surface area contributed by atoms with E-state index in [0.717, 1.165) is 42.7 Å². The molecule has 0 aliphatic rings. The summed E-state index contributed by atoms with van der Waals surface area (Å²) in [5, 5.41) is 3.80. The van der Waals surface area contributed by atoms with Crippen molar-refractivity contribution in [3.63, 3.8) is 0 Å². The van der Waals surface area contributed by atoms with Gasteiger partial charge in [-0.05, 0) is 49.6 Å². The smallest absolute Gasteiger partial charge is 0.406 e. The van der Waals surface area contributed by atoms with Crippen molar-refractivity contribution in [2.75, 3.05) is 18.4 Å². The van der Waals surface area contributed by atoms with Crippen molar-refractivity contribution in [3.8, 4) is 5.75 Å². The number of nitrogens with zero attached hydrogens (tertiary/aromatic N) is 1. The number of aromatic nitrogens is 1. The normalized spacial score (nSPS) is 11.9. The summed E-state index contributed by atoms with van der Waals surface area (Å²) in [4.78, 5) is 17.3. The second kappa shape index (κ2) is 11.6. The maximum Gasteiger partial charge on any atom is 0.573 e. The molecule has 0 atom stereocenters. The quantitative estimate of drug-likeness (QED) is 0.250. The van der Waals surface area contributed by atoms with Gasteiger partial charge in [0.05, 0.1) is 16.0 Å². The fourth-order valence-electron chi connectivity index (χ4n) is 3.15. The Kier molecular flexibility index (Phi) is 8.87. The Labute approximate surface area is 205 Å². The number of nitrogens with one attached hydrogen (secondary N) is 2. The molecule has 2 N–H and O–H groups in total. The van der Waals surface area contributed by atoms with Gasteiger partial charge in [-0.3, -0.25) is 4.79 Å². The van der Waals surface area contributed by atoms with E-state index in [9.17, 15) is 26.4 Å². The molecule has 2 aromatic carbocycles. The zero-order valence-electron chi connectivity index (χ0n) is 18.8. The molecule has 188 valence electrons. The van der Waals surface area contributed by atoms with Crippen LogP contribution < -0.4 is 14.8 Å². The maximum absolute atomic E-state index is 12.6. The monoisotopic (exact) mass is 527 g/mol. The summed E-state index contributed by atoms with van der Waals surface area (Å²) >= 11 is 1.28. The maximum atomic E-state index is 12.6. The summed E-state index contributed by atoms with van der Waals surface area (Å²) in [6.07, 6.45) is -1.22. The molecule has 0 saturated heterocycles. The number of anilines is 1. The van der Waals surface area contributed by atoms with Crippen molar-refractivity contribution in [2.24, 2.45) is 0 Å². The molecule has 1 heterocycles. The van der Waals surface area contributed by atoms with Gasteiger partial charge in [-0.15, -0.1) is 13.2 Å². The molecular weight excluding hydrogens is 503 g/mol. The second-order valence-corrected chi connectivity index (χ2v) is 10.4. The highest BCUT2D eigenvalue weighted by Gasteiger charge is 2.31. The number of hydrogen-bond donors (Lipinski definition) is 2. The Hall–Kier alpha value is -2.96. The fraction of sp³-hybridized carbons (Fsp3) is 0.304. The Balaban J connectivity index is 1.36. The molecule has 0 saturated carbocycles. The van der Waals surface area contributed by atoms with Crippen LogP contribution in [0.1, 0.15) is 40.1 Å². The van der Waals surface area contributed by atoms with E-state index >= 15 is 0 Å². The van der Waals surface area contributed by atoms with Crippen molar-refractivity contribution in [1.29, 1.82) is 0 Å². The summed E-state index contributed by atoms with van der Waals surface area (Å²) in [5.74, 6) is -0.556.